The van der Waals surface area contributed by atoms with Crippen LogP contribution in [-0.2, 0) is 11.3 Å². The molecular formula is C14H22N2O. The maximum atomic E-state index is 12.0. The fourth-order valence-electron chi connectivity index (χ4n) is 1.79. The van der Waals surface area contributed by atoms with Crippen molar-refractivity contribution in [3.8, 4) is 0 Å². The summed E-state index contributed by atoms with van der Waals surface area (Å²) in [5, 5.41) is 0. The maximum absolute atomic E-state index is 12.0. The van der Waals surface area contributed by atoms with Gasteiger partial charge in [-0.25, -0.2) is 0 Å². The third kappa shape index (κ3) is 4.19. The summed E-state index contributed by atoms with van der Waals surface area (Å²) in [6.07, 6.45) is 0.747. The first-order valence-corrected chi connectivity index (χ1v) is 6.05. The third-order valence-electron chi connectivity index (χ3n) is 2.94. The van der Waals surface area contributed by atoms with Gasteiger partial charge >= 0.3 is 0 Å². The molecule has 0 spiro atoms. The summed E-state index contributed by atoms with van der Waals surface area (Å²) in [4.78, 5) is 13.7. The molecule has 1 atom stereocenters. The zero-order valence-corrected chi connectivity index (χ0v) is 10.9. The first-order valence-electron chi connectivity index (χ1n) is 6.05. The van der Waals surface area contributed by atoms with Crippen LogP contribution in [0, 0.1) is 12.8 Å². The van der Waals surface area contributed by atoms with Crippen molar-refractivity contribution in [3.63, 3.8) is 0 Å². The minimum Gasteiger partial charge on any atom is -0.341 e. The van der Waals surface area contributed by atoms with E-state index in [0.29, 0.717) is 13.1 Å². The molecule has 1 amide bonds. The Morgan fingerprint density at radius 3 is 2.47 bits per heavy atom. The van der Waals surface area contributed by atoms with Gasteiger partial charge < -0.3 is 10.6 Å². The molecule has 0 saturated carbocycles. The molecule has 1 aromatic rings. The Morgan fingerprint density at radius 2 is 1.94 bits per heavy atom. The van der Waals surface area contributed by atoms with Gasteiger partial charge in [0.15, 0.2) is 0 Å². The predicted octanol–water partition coefficient (Wildman–Crippen LogP) is 1.94. The maximum Gasteiger partial charge on any atom is 0.225 e. The summed E-state index contributed by atoms with van der Waals surface area (Å²) in [5.74, 6) is 0.173. The van der Waals surface area contributed by atoms with Crippen molar-refractivity contribution in [2.24, 2.45) is 11.7 Å². The second kappa shape index (κ2) is 6.40. The molecule has 0 saturated heterocycles. The molecule has 0 aliphatic rings. The lowest BCUT2D eigenvalue weighted by Crippen LogP contribution is -2.32. The Morgan fingerprint density at radius 1 is 1.35 bits per heavy atom. The number of hydrogen-bond acceptors (Lipinski definition) is 2. The van der Waals surface area contributed by atoms with E-state index in [0.717, 1.165) is 12.0 Å². The topological polar surface area (TPSA) is 46.3 Å². The number of nitrogens with zero attached hydrogens (tertiary/aromatic N) is 1. The van der Waals surface area contributed by atoms with E-state index in [9.17, 15) is 4.79 Å². The summed E-state index contributed by atoms with van der Waals surface area (Å²) in [6.45, 7) is 5.21. The molecule has 2 N–H and O–H groups in total. The standard InChI is InChI=1S/C14H22N2O/c1-11-4-6-13(7-5-11)10-16(3)14(17)12(2)8-9-15/h4-7,12H,8-10,15H2,1-3H3. The summed E-state index contributed by atoms with van der Waals surface area (Å²) < 4.78 is 0. The van der Waals surface area contributed by atoms with Crippen LogP contribution in [0.15, 0.2) is 24.3 Å². The number of nitrogens with two attached hydrogens (primary N) is 1. The molecule has 0 radical (unpaired) electrons. The van der Waals surface area contributed by atoms with Crippen LogP contribution in [0.2, 0.25) is 0 Å². The van der Waals surface area contributed by atoms with Crippen molar-refractivity contribution in [2.45, 2.75) is 26.8 Å². The molecule has 0 fully saturated rings. The van der Waals surface area contributed by atoms with Crippen molar-refractivity contribution >= 4 is 5.91 Å². The zero-order chi connectivity index (χ0) is 12.8. The second-order valence-electron chi connectivity index (χ2n) is 4.66. The zero-order valence-electron chi connectivity index (χ0n) is 10.9. The highest BCUT2D eigenvalue weighted by Crippen LogP contribution is 2.10. The van der Waals surface area contributed by atoms with E-state index < -0.39 is 0 Å². The van der Waals surface area contributed by atoms with Gasteiger partial charge in [0.2, 0.25) is 5.91 Å². The van der Waals surface area contributed by atoms with Crippen LogP contribution >= 0.6 is 0 Å². The number of benzene rings is 1. The molecule has 0 heterocycles. The quantitative estimate of drug-likeness (QED) is 0.846. The highest BCUT2D eigenvalue weighted by atomic mass is 16.2. The number of rotatable bonds is 5. The van der Waals surface area contributed by atoms with Gasteiger partial charge in [0.1, 0.15) is 0 Å². The van der Waals surface area contributed by atoms with E-state index in [2.05, 4.69) is 31.2 Å². The molecule has 0 aromatic heterocycles. The van der Waals surface area contributed by atoms with Crippen LogP contribution in [0.25, 0.3) is 0 Å². The minimum atomic E-state index is 0.00967. The number of aryl methyl sites for hydroxylation is 1. The van der Waals surface area contributed by atoms with Gasteiger partial charge in [-0.15, -0.1) is 0 Å². The van der Waals surface area contributed by atoms with Crippen LogP contribution < -0.4 is 5.73 Å². The van der Waals surface area contributed by atoms with Gasteiger partial charge in [-0.3, -0.25) is 4.79 Å². The normalized spacial score (nSPS) is 12.2. The molecule has 1 aromatic carbocycles. The Kier molecular flexibility index (Phi) is 5.16. The molecule has 94 valence electrons. The summed E-state index contributed by atoms with van der Waals surface area (Å²) >= 11 is 0. The molecule has 3 nitrogen and oxygen atoms in total. The van der Waals surface area contributed by atoms with E-state index in [1.165, 1.54) is 5.56 Å². The second-order valence-corrected chi connectivity index (χ2v) is 4.66. The summed E-state index contributed by atoms with van der Waals surface area (Å²) in [5.41, 5.74) is 7.86. The average molecular weight is 234 g/mol. The first kappa shape index (κ1) is 13.7. The molecule has 0 bridgehead atoms. The van der Waals surface area contributed by atoms with Crippen molar-refractivity contribution in [2.75, 3.05) is 13.6 Å². The SMILES string of the molecule is Cc1ccc(CN(C)C(=O)C(C)CCN)cc1. The number of carbonyl (C=O) groups excluding carboxylic acids is 1. The Bertz CT molecular complexity index is 359. The highest BCUT2D eigenvalue weighted by molar-refractivity contribution is 5.78. The number of carbonyl (C=O) groups is 1. The molecule has 1 unspecified atom stereocenters. The molecule has 0 aliphatic heterocycles. The summed E-state index contributed by atoms with van der Waals surface area (Å²) in [7, 11) is 1.84. The van der Waals surface area contributed by atoms with Gasteiger partial charge in [-0.2, -0.15) is 0 Å². The van der Waals surface area contributed by atoms with Gasteiger partial charge in [0.25, 0.3) is 0 Å². The van der Waals surface area contributed by atoms with Crippen LogP contribution in [0.1, 0.15) is 24.5 Å². The highest BCUT2D eigenvalue weighted by Gasteiger charge is 2.16. The van der Waals surface area contributed by atoms with E-state index in [1.807, 2.05) is 14.0 Å². The Hall–Kier alpha value is -1.35. The first-order chi connectivity index (χ1) is 8.04. The van der Waals surface area contributed by atoms with Crippen molar-refractivity contribution in [1.29, 1.82) is 0 Å². The number of amides is 1. The van der Waals surface area contributed by atoms with Crippen LogP contribution in [0.5, 0.6) is 0 Å². The van der Waals surface area contributed by atoms with Crippen LogP contribution in [0.4, 0.5) is 0 Å². The summed E-state index contributed by atoms with van der Waals surface area (Å²) in [6, 6.07) is 8.26. The lowest BCUT2D eigenvalue weighted by atomic mass is 10.1. The third-order valence-corrected chi connectivity index (χ3v) is 2.94. The molecular weight excluding hydrogens is 212 g/mol. The van der Waals surface area contributed by atoms with E-state index in [-0.39, 0.29) is 11.8 Å². The van der Waals surface area contributed by atoms with Crippen LogP contribution in [-0.4, -0.2) is 24.4 Å². The van der Waals surface area contributed by atoms with E-state index in [1.54, 1.807) is 4.90 Å². The van der Waals surface area contributed by atoms with Crippen molar-refractivity contribution < 1.29 is 4.79 Å². The fraction of sp³-hybridized carbons (Fsp3) is 0.500. The van der Waals surface area contributed by atoms with Gasteiger partial charge in [-0.1, -0.05) is 36.8 Å². The lowest BCUT2D eigenvalue weighted by molar-refractivity contribution is -0.134. The number of hydrogen-bond donors (Lipinski definition) is 1. The average Bonchev–Trinajstić information content (AvgIpc) is 2.31. The largest absolute Gasteiger partial charge is 0.341 e. The van der Waals surface area contributed by atoms with Gasteiger partial charge in [0, 0.05) is 19.5 Å². The smallest absolute Gasteiger partial charge is 0.225 e. The van der Waals surface area contributed by atoms with Crippen LogP contribution in [0.3, 0.4) is 0 Å². The molecule has 1 rings (SSSR count). The fourth-order valence-corrected chi connectivity index (χ4v) is 1.79. The minimum absolute atomic E-state index is 0.00967. The molecule has 17 heavy (non-hydrogen) atoms. The molecule has 0 aliphatic carbocycles. The van der Waals surface area contributed by atoms with Gasteiger partial charge in [-0.05, 0) is 25.5 Å². The molecule has 3 heteroatoms. The lowest BCUT2D eigenvalue weighted by Gasteiger charge is -2.21. The van der Waals surface area contributed by atoms with Crippen molar-refractivity contribution in [3.05, 3.63) is 35.4 Å². The van der Waals surface area contributed by atoms with E-state index >= 15 is 0 Å². The Balaban J connectivity index is 2.56. The predicted molar refractivity (Wildman–Crippen MR) is 70.5 cm³/mol. The van der Waals surface area contributed by atoms with Gasteiger partial charge in [0.05, 0.1) is 0 Å². The van der Waals surface area contributed by atoms with Crippen molar-refractivity contribution in [1.82, 2.24) is 4.90 Å². The van der Waals surface area contributed by atoms with E-state index in [4.69, 9.17) is 5.73 Å². The monoisotopic (exact) mass is 234 g/mol. The Labute approximate surface area is 104 Å².